The van der Waals surface area contributed by atoms with Gasteiger partial charge >= 0.3 is 12.0 Å². The zero-order valence-corrected chi connectivity index (χ0v) is 12.2. The highest BCUT2D eigenvalue weighted by atomic mass is 32.2. The van der Waals surface area contributed by atoms with E-state index in [9.17, 15) is 14.7 Å². The van der Waals surface area contributed by atoms with Crippen molar-refractivity contribution >= 4 is 23.8 Å². The van der Waals surface area contributed by atoms with E-state index < -0.39 is 12.0 Å². The van der Waals surface area contributed by atoms with Crippen LogP contribution in [0.4, 0.5) is 4.79 Å². The summed E-state index contributed by atoms with van der Waals surface area (Å²) in [6.45, 7) is 0.569. The van der Waals surface area contributed by atoms with Gasteiger partial charge in [0.15, 0.2) is 0 Å². The molecule has 2 aliphatic heterocycles. The topological polar surface area (TPSA) is 60.9 Å². The van der Waals surface area contributed by atoms with Gasteiger partial charge in [0.2, 0.25) is 0 Å². The summed E-state index contributed by atoms with van der Waals surface area (Å²) in [5.74, 6) is 1.18. The van der Waals surface area contributed by atoms with Crippen molar-refractivity contribution in [2.45, 2.75) is 44.2 Å². The Bertz CT molecular complexity index is 345. The molecule has 0 saturated carbocycles. The number of carbonyl (C=O) groups is 2. The molecule has 0 bridgehead atoms. The predicted molar refractivity (Wildman–Crippen MR) is 75.5 cm³/mol. The number of rotatable bonds is 2. The van der Waals surface area contributed by atoms with Crippen molar-refractivity contribution in [1.29, 1.82) is 0 Å². The Morgan fingerprint density at radius 3 is 2.68 bits per heavy atom. The molecule has 19 heavy (non-hydrogen) atoms. The Labute approximate surface area is 118 Å². The summed E-state index contributed by atoms with van der Waals surface area (Å²) in [6.07, 6.45) is 4.40. The van der Waals surface area contributed by atoms with Gasteiger partial charge in [-0.15, -0.1) is 0 Å². The van der Waals surface area contributed by atoms with E-state index in [1.165, 1.54) is 0 Å². The molecule has 108 valence electrons. The van der Waals surface area contributed by atoms with Gasteiger partial charge in [-0.1, -0.05) is 12.8 Å². The minimum atomic E-state index is -0.871. The lowest BCUT2D eigenvalue weighted by atomic mass is 10.1. The molecule has 0 radical (unpaired) electrons. The van der Waals surface area contributed by atoms with Crippen molar-refractivity contribution in [2.24, 2.45) is 0 Å². The van der Waals surface area contributed by atoms with Crippen LogP contribution in [-0.2, 0) is 4.79 Å². The van der Waals surface area contributed by atoms with Crippen LogP contribution >= 0.6 is 11.8 Å². The third-order valence-corrected chi connectivity index (χ3v) is 5.18. The van der Waals surface area contributed by atoms with Gasteiger partial charge < -0.3 is 14.9 Å². The van der Waals surface area contributed by atoms with E-state index in [0.717, 1.165) is 37.2 Å². The number of nitrogens with zero attached hydrogens (tertiary/aromatic N) is 2. The van der Waals surface area contributed by atoms with E-state index >= 15 is 0 Å². The first-order valence-electron chi connectivity index (χ1n) is 6.95. The molecule has 0 aromatic rings. The highest BCUT2D eigenvalue weighted by Gasteiger charge is 2.34. The zero-order chi connectivity index (χ0) is 13.8. The number of urea groups is 1. The fourth-order valence-electron chi connectivity index (χ4n) is 2.78. The van der Waals surface area contributed by atoms with Crippen LogP contribution in [0.3, 0.4) is 0 Å². The predicted octanol–water partition coefficient (Wildman–Crippen LogP) is 1.87. The smallest absolute Gasteiger partial charge is 0.326 e. The van der Waals surface area contributed by atoms with E-state index in [2.05, 4.69) is 0 Å². The number of aliphatic carboxylic acids is 1. The second-order valence-corrected chi connectivity index (χ2v) is 6.46. The maximum atomic E-state index is 12.5. The minimum Gasteiger partial charge on any atom is -0.480 e. The lowest BCUT2D eigenvalue weighted by molar-refractivity contribution is -0.142. The maximum absolute atomic E-state index is 12.5. The molecule has 2 fully saturated rings. The molecule has 2 amide bonds. The van der Waals surface area contributed by atoms with Gasteiger partial charge in [0.25, 0.3) is 0 Å². The number of hydrogen-bond donors (Lipinski definition) is 1. The van der Waals surface area contributed by atoms with Gasteiger partial charge in [0, 0.05) is 25.4 Å². The van der Waals surface area contributed by atoms with Crippen LogP contribution in [0.1, 0.15) is 32.1 Å². The number of carboxylic acids is 1. The molecule has 2 atom stereocenters. The molecular formula is C13H22N2O3S. The summed E-state index contributed by atoms with van der Waals surface area (Å²) < 4.78 is 0. The molecule has 0 spiro atoms. The number of carboxylic acid groups (broad SMARTS) is 1. The third kappa shape index (κ3) is 3.35. The monoisotopic (exact) mass is 286 g/mol. The lowest BCUT2D eigenvalue weighted by Gasteiger charge is -2.34. The van der Waals surface area contributed by atoms with Crippen LogP contribution < -0.4 is 0 Å². The molecule has 0 aromatic carbocycles. The molecule has 2 saturated heterocycles. The molecule has 1 N–H and O–H groups in total. The van der Waals surface area contributed by atoms with Crippen molar-refractivity contribution in [3.8, 4) is 0 Å². The molecule has 2 rings (SSSR count). The average Bonchev–Trinajstić information content (AvgIpc) is 2.80. The summed E-state index contributed by atoms with van der Waals surface area (Å²) in [4.78, 5) is 27.2. The van der Waals surface area contributed by atoms with Crippen LogP contribution in [-0.4, -0.2) is 64.1 Å². The number of likely N-dealkylation sites (tertiary alicyclic amines) is 1. The first kappa shape index (κ1) is 14.5. The van der Waals surface area contributed by atoms with Crippen LogP contribution in [0.25, 0.3) is 0 Å². The summed E-state index contributed by atoms with van der Waals surface area (Å²) in [5, 5.41) is 9.31. The number of carbonyl (C=O) groups excluding carboxylic acids is 1. The Kier molecular flexibility index (Phi) is 4.96. The fourth-order valence-corrected chi connectivity index (χ4v) is 4.05. The maximum Gasteiger partial charge on any atom is 0.326 e. The van der Waals surface area contributed by atoms with E-state index in [-0.39, 0.29) is 12.1 Å². The van der Waals surface area contributed by atoms with E-state index in [4.69, 9.17) is 0 Å². The van der Waals surface area contributed by atoms with Gasteiger partial charge in [0.1, 0.15) is 6.04 Å². The average molecular weight is 286 g/mol. The second-order valence-electron chi connectivity index (χ2n) is 5.31. The summed E-state index contributed by atoms with van der Waals surface area (Å²) in [5.41, 5.74) is 0. The molecule has 5 nitrogen and oxygen atoms in total. The summed E-state index contributed by atoms with van der Waals surface area (Å²) in [7, 11) is 1.81. The Balaban J connectivity index is 2.06. The van der Waals surface area contributed by atoms with Gasteiger partial charge in [-0.3, -0.25) is 0 Å². The van der Waals surface area contributed by atoms with Crippen molar-refractivity contribution in [1.82, 2.24) is 9.80 Å². The molecular weight excluding hydrogens is 264 g/mol. The van der Waals surface area contributed by atoms with Crippen LogP contribution in [0.15, 0.2) is 0 Å². The first-order chi connectivity index (χ1) is 9.11. The lowest BCUT2D eigenvalue weighted by Crippen LogP contribution is -2.52. The quantitative estimate of drug-likeness (QED) is 0.842. The Morgan fingerprint density at radius 2 is 2.05 bits per heavy atom. The third-order valence-electron chi connectivity index (χ3n) is 4.04. The molecule has 2 heterocycles. The first-order valence-corrected chi connectivity index (χ1v) is 8.10. The largest absolute Gasteiger partial charge is 0.480 e. The van der Waals surface area contributed by atoms with E-state index in [1.54, 1.807) is 9.80 Å². The fraction of sp³-hybridized carbons (Fsp3) is 0.846. The summed E-state index contributed by atoms with van der Waals surface area (Å²) >= 11 is 1.86. The molecule has 2 unspecified atom stereocenters. The molecule has 6 heteroatoms. The van der Waals surface area contributed by atoms with E-state index in [1.807, 2.05) is 18.8 Å². The molecule has 2 aliphatic rings. The van der Waals surface area contributed by atoms with Crippen molar-refractivity contribution in [3.05, 3.63) is 0 Å². The molecule has 0 aromatic heterocycles. The Morgan fingerprint density at radius 1 is 1.26 bits per heavy atom. The molecule has 0 aliphatic carbocycles. The highest BCUT2D eigenvalue weighted by Crippen LogP contribution is 2.24. The number of thioether (sulfide) groups is 1. The highest BCUT2D eigenvalue weighted by molar-refractivity contribution is 7.99. The van der Waals surface area contributed by atoms with Gasteiger partial charge in [-0.05, 0) is 25.0 Å². The van der Waals surface area contributed by atoms with Crippen molar-refractivity contribution < 1.29 is 14.7 Å². The van der Waals surface area contributed by atoms with Gasteiger partial charge in [-0.25, -0.2) is 9.59 Å². The number of amides is 2. The van der Waals surface area contributed by atoms with E-state index in [0.29, 0.717) is 13.0 Å². The van der Waals surface area contributed by atoms with Crippen LogP contribution in [0.5, 0.6) is 0 Å². The Hall–Kier alpha value is -0.910. The minimum absolute atomic E-state index is 0.109. The standard InChI is InChI=1S/C13H22N2O3S/c1-14(10-6-8-19-9-10)13(18)15-7-4-2-3-5-11(15)12(16)17/h10-11H,2-9H2,1H3,(H,16,17). The van der Waals surface area contributed by atoms with Crippen LogP contribution in [0, 0.1) is 0 Å². The van der Waals surface area contributed by atoms with Crippen molar-refractivity contribution in [2.75, 3.05) is 25.1 Å². The van der Waals surface area contributed by atoms with Gasteiger partial charge in [-0.2, -0.15) is 11.8 Å². The SMILES string of the molecule is CN(C(=O)N1CCCCCC1C(=O)O)C1CCSC1. The second kappa shape index (κ2) is 6.50. The number of hydrogen-bond acceptors (Lipinski definition) is 3. The van der Waals surface area contributed by atoms with Gasteiger partial charge in [0.05, 0.1) is 0 Å². The van der Waals surface area contributed by atoms with Crippen molar-refractivity contribution in [3.63, 3.8) is 0 Å². The summed E-state index contributed by atoms with van der Waals surface area (Å²) in [6, 6.07) is -0.497. The van der Waals surface area contributed by atoms with Crippen LogP contribution in [0.2, 0.25) is 0 Å². The normalized spacial score (nSPS) is 27.9. The zero-order valence-electron chi connectivity index (χ0n) is 11.4.